The SMILES string of the molecule is CCCCCCC/C=C\C/C=C\C/C=C\CCCCCCCCCCCCCCC(=O)OCC(COC(=O)CCCCCCCC)OC(=O)CCCCCCCCCCCC/C=C\C/C=C\C/C=C\CCCCCCC. The second kappa shape index (κ2) is 64.4. The smallest absolute Gasteiger partial charge is 0.306 e. The average molecular weight is 1060 g/mol. The van der Waals surface area contributed by atoms with Gasteiger partial charge < -0.3 is 14.2 Å². The first kappa shape index (κ1) is 72.8. The van der Waals surface area contributed by atoms with Crippen LogP contribution in [0.3, 0.4) is 0 Å². The average Bonchev–Trinajstić information content (AvgIpc) is 3.42. The summed E-state index contributed by atoms with van der Waals surface area (Å²) in [5.74, 6) is -0.878. The summed E-state index contributed by atoms with van der Waals surface area (Å²) in [6, 6.07) is 0. The molecule has 0 aromatic heterocycles. The van der Waals surface area contributed by atoms with Crippen molar-refractivity contribution in [2.24, 2.45) is 0 Å². The Kier molecular flexibility index (Phi) is 61.7. The van der Waals surface area contributed by atoms with E-state index in [4.69, 9.17) is 14.2 Å². The van der Waals surface area contributed by atoms with Crippen LogP contribution in [-0.4, -0.2) is 37.2 Å². The Hall–Kier alpha value is -3.15. The van der Waals surface area contributed by atoms with Gasteiger partial charge in [0.2, 0.25) is 0 Å². The molecule has 0 spiro atoms. The Labute approximate surface area is 472 Å². The van der Waals surface area contributed by atoms with E-state index in [1.807, 2.05) is 0 Å². The number of esters is 3. The van der Waals surface area contributed by atoms with E-state index in [1.165, 1.54) is 212 Å². The highest BCUT2D eigenvalue weighted by Gasteiger charge is 2.19. The third-order valence-corrected chi connectivity index (χ3v) is 14.4. The molecule has 0 heterocycles. The highest BCUT2D eigenvalue weighted by Crippen LogP contribution is 2.16. The minimum absolute atomic E-state index is 0.0759. The monoisotopic (exact) mass is 1060 g/mol. The van der Waals surface area contributed by atoms with Crippen molar-refractivity contribution in [1.82, 2.24) is 0 Å². The molecular formula is C70H124O6. The first-order valence-corrected chi connectivity index (χ1v) is 32.9. The molecule has 1 atom stereocenters. The lowest BCUT2D eigenvalue weighted by Gasteiger charge is -2.18. The Morgan fingerprint density at radius 1 is 0.263 bits per heavy atom. The molecule has 76 heavy (non-hydrogen) atoms. The van der Waals surface area contributed by atoms with Gasteiger partial charge in [0, 0.05) is 19.3 Å². The van der Waals surface area contributed by atoms with Gasteiger partial charge in [-0.05, 0) is 96.3 Å². The largest absolute Gasteiger partial charge is 0.462 e. The van der Waals surface area contributed by atoms with Crippen LogP contribution in [0.4, 0.5) is 0 Å². The highest BCUT2D eigenvalue weighted by atomic mass is 16.6. The molecule has 0 saturated carbocycles. The fraction of sp³-hybridized carbons (Fsp3) is 0.786. The number of carbonyl (C=O) groups excluding carboxylic acids is 3. The van der Waals surface area contributed by atoms with Crippen LogP contribution >= 0.6 is 0 Å². The van der Waals surface area contributed by atoms with Gasteiger partial charge in [-0.25, -0.2) is 0 Å². The summed E-state index contributed by atoms with van der Waals surface area (Å²) in [6.45, 7) is 6.59. The number of rotatable bonds is 60. The maximum absolute atomic E-state index is 12.9. The molecule has 0 aromatic rings. The van der Waals surface area contributed by atoms with E-state index < -0.39 is 6.10 Å². The molecule has 0 amide bonds. The maximum Gasteiger partial charge on any atom is 0.306 e. The predicted molar refractivity (Wildman–Crippen MR) is 330 cm³/mol. The summed E-state index contributed by atoms with van der Waals surface area (Å²) in [5.41, 5.74) is 0. The number of hydrogen-bond acceptors (Lipinski definition) is 6. The van der Waals surface area contributed by atoms with Crippen LogP contribution in [0.25, 0.3) is 0 Å². The molecular weight excluding hydrogens is 937 g/mol. The molecule has 6 heteroatoms. The van der Waals surface area contributed by atoms with Crippen LogP contribution in [0.2, 0.25) is 0 Å². The van der Waals surface area contributed by atoms with Crippen molar-refractivity contribution in [3.63, 3.8) is 0 Å². The first-order valence-electron chi connectivity index (χ1n) is 32.9. The van der Waals surface area contributed by atoms with Crippen LogP contribution in [0, 0.1) is 0 Å². The van der Waals surface area contributed by atoms with Gasteiger partial charge in [-0.15, -0.1) is 0 Å². The number of unbranched alkanes of at least 4 members (excludes halogenated alkanes) is 37. The number of allylic oxidation sites excluding steroid dienone is 12. The van der Waals surface area contributed by atoms with Gasteiger partial charge in [0.1, 0.15) is 13.2 Å². The van der Waals surface area contributed by atoms with Gasteiger partial charge in [-0.1, -0.05) is 293 Å². The maximum atomic E-state index is 12.9. The Morgan fingerprint density at radius 3 is 0.737 bits per heavy atom. The topological polar surface area (TPSA) is 78.9 Å². The quantitative estimate of drug-likeness (QED) is 0.0261. The molecule has 0 bridgehead atoms. The fourth-order valence-corrected chi connectivity index (χ4v) is 9.46. The van der Waals surface area contributed by atoms with E-state index in [-0.39, 0.29) is 31.1 Å². The minimum Gasteiger partial charge on any atom is -0.462 e. The van der Waals surface area contributed by atoms with E-state index in [9.17, 15) is 14.4 Å². The molecule has 0 rings (SSSR count). The Balaban J connectivity index is 4.08. The van der Waals surface area contributed by atoms with E-state index in [1.54, 1.807) is 0 Å². The third kappa shape index (κ3) is 61.7. The molecule has 0 radical (unpaired) electrons. The summed E-state index contributed by atoms with van der Waals surface area (Å²) >= 11 is 0. The van der Waals surface area contributed by atoms with Gasteiger partial charge in [0.05, 0.1) is 0 Å². The first-order chi connectivity index (χ1) is 37.5. The summed E-state index contributed by atoms with van der Waals surface area (Å²) < 4.78 is 16.8. The van der Waals surface area contributed by atoms with Gasteiger partial charge in [-0.2, -0.15) is 0 Å². The zero-order chi connectivity index (χ0) is 55.0. The van der Waals surface area contributed by atoms with Crippen LogP contribution < -0.4 is 0 Å². The fourth-order valence-electron chi connectivity index (χ4n) is 9.46. The lowest BCUT2D eigenvalue weighted by molar-refractivity contribution is -0.167. The van der Waals surface area contributed by atoms with Crippen molar-refractivity contribution >= 4 is 17.9 Å². The molecule has 0 aliphatic carbocycles. The van der Waals surface area contributed by atoms with E-state index in [2.05, 4.69) is 93.7 Å². The van der Waals surface area contributed by atoms with Crippen LogP contribution in [0.1, 0.15) is 335 Å². The van der Waals surface area contributed by atoms with Crippen LogP contribution in [0.15, 0.2) is 72.9 Å². The molecule has 0 saturated heterocycles. The van der Waals surface area contributed by atoms with Crippen molar-refractivity contribution in [1.29, 1.82) is 0 Å². The zero-order valence-corrected chi connectivity index (χ0v) is 50.5. The molecule has 0 aromatic carbocycles. The summed E-state index contributed by atoms with van der Waals surface area (Å²) in [7, 11) is 0. The van der Waals surface area contributed by atoms with E-state index in [0.717, 1.165) is 83.5 Å². The van der Waals surface area contributed by atoms with Crippen LogP contribution in [-0.2, 0) is 28.6 Å². The summed E-state index contributed by atoms with van der Waals surface area (Å²) in [4.78, 5) is 38.0. The van der Waals surface area contributed by atoms with E-state index >= 15 is 0 Å². The highest BCUT2D eigenvalue weighted by molar-refractivity contribution is 5.71. The van der Waals surface area contributed by atoms with Crippen molar-refractivity contribution in [3.05, 3.63) is 72.9 Å². The van der Waals surface area contributed by atoms with Gasteiger partial charge >= 0.3 is 17.9 Å². The molecule has 1 unspecified atom stereocenters. The van der Waals surface area contributed by atoms with Crippen molar-refractivity contribution in [2.75, 3.05) is 13.2 Å². The molecule has 0 fully saturated rings. The van der Waals surface area contributed by atoms with E-state index in [0.29, 0.717) is 19.3 Å². The Bertz CT molecular complexity index is 1400. The third-order valence-electron chi connectivity index (χ3n) is 14.4. The summed E-state index contributed by atoms with van der Waals surface area (Å²) in [5, 5.41) is 0. The predicted octanol–water partition coefficient (Wildman–Crippen LogP) is 22.5. The standard InChI is InChI=1S/C70H124O6/c1-4-7-10-13-16-18-20-22-24-26-28-30-32-34-35-37-38-40-42-44-46-48-50-52-54-57-60-63-69(72)75-66-67(65-74-68(71)62-59-56-15-12-9-6-3)76-70(73)64-61-58-55-53-51-49-47-45-43-41-39-36-33-31-29-27-25-23-21-19-17-14-11-8-5-2/h20-23,26-29,32-34,36,67H,4-19,24-25,30-31,35,37-66H2,1-3H3/b22-20-,23-21-,28-26-,29-27-,34-32-,36-33-. The zero-order valence-electron chi connectivity index (χ0n) is 50.5. The van der Waals surface area contributed by atoms with Crippen molar-refractivity contribution < 1.29 is 28.6 Å². The molecule has 440 valence electrons. The second-order valence-electron chi connectivity index (χ2n) is 22.0. The number of ether oxygens (including phenoxy) is 3. The van der Waals surface area contributed by atoms with Crippen molar-refractivity contribution in [2.45, 2.75) is 341 Å². The normalized spacial score (nSPS) is 12.5. The lowest BCUT2D eigenvalue weighted by atomic mass is 10.0. The summed E-state index contributed by atoms with van der Waals surface area (Å²) in [6.07, 6.45) is 83.8. The molecule has 0 aliphatic heterocycles. The molecule has 6 nitrogen and oxygen atoms in total. The van der Waals surface area contributed by atoms with Crippen molar-refractivity contribution in [3.8, 4) is 0 Å². The van der Waals surface area contributed by atoms with Crippen LogP contribution in [0.5, 0.6) is 0 Å². The number of carbonyl (C=O) groups is 3. The lowest BCUT2D eigenvalue weighted by Crippen LogP contribution is -2.30. The van der Waals surface area contributed by atoms with Gasteiger partial charge in [0.15, 0.2) is 6.10 Å². The minimum atomic E-state index is -0.776. The molecule has 0 N–H and O–H groups in total. The number of hydrogen-bond donors (Lipinski definition) is 0. The Morgan fingerprint density at radius 2 is 0.474 bits per heavy atom. The van der Waals surface area contributed by atoms with Gasteiger partial charge in [-0.3, -0.25) is 14.4 Å². The second-order valence-corrected chi connectivity index (χ2v) is 22.0. The molecule has 0 aliphatic rings. The van der Waals surface area contributed by atoms with Gasteiger partial charge in [0.25, 0.3) is 0 Å².